The molecule has 1 aromatic carbocycles. The monoisotopic (exact) mass is 257 g/mol. The molecule has 4 nitrogen and oxygen atoms in total. The number of carbonyl (C=O) groups is 1. The first-order chi connectivity index (χ1) is 9.20. The van der Waals surface area contributed by atoms with Gasteiger partial charge in [-0.3, -0.25) is 0 Å². The lowest BCUT2D eigenvalue weighted by atomic mass is 10.1. The molecule has 0 aromatic heterocycles. The van der Waals surface area contributed by atoms with Gasteiger partial charge in [0.1, 0.15) is 5.75 Å². The fraction of sp³-hybridized carbons (Fsp3) is 0.200. The van der Waals surface area contributed by atoms with Crippen molar-refractivity contribution in [2.75, 3.05) is 7.11 Å². The Morgan fingerprint density at radius 1 is 1.16 bits per heavy atom. The normalized spacial score (nSPS) is 14.7. The number of carbonyl (C=O) groups excluding carboxylic acids is 1. The first-order valence-corrected chi connectivity index (χ1v) is 5.95. The molecule has 0 heterocycles. The smallest absolute Gasteiger partial charge is 0.365 e. The molecule has 1 aromatic rings. The molecule has 0 saturated carbocycles. The Morgan fingerprint density at radius 3 is 2.37 bits per heavy atom. The number of nitrogens with zero attached hydrogens (tertiary/aromatic N) is 1. The number of oxime groups is 1. The summed E-state index contributed by atoms with van der Waals surface area (Å²) in [4.78, 5) is 16.7. The molecule has 0 bridgehead atoms. The van der Waals surface area contributed by atoms with Gasteiger partial charge in [0.05, 0.1) is 18.4 Å². The molecule has 0 radical (unpaired) electrons. The van der Waals surface area contributed by atoms with Gasteiger partial charge in [0.2, 0.25) is 0 Å². The summed E-state index contributed by atoms with van der Waals surface area (Å²) in [6.07, 6.45) is 7.85. The topological polar surface area (TPSA) is 47.9 Å². The fourth-order valence-electron chi connectivity index (χ4n) is 1.66. The summed E-state index contributed by atoms with van der Waals surface area (Å²) < 4.78 is 5.02. The van der Waals surface area contributed by atoms with Crippen LogP contribution in [0.3, 0.4) is 0 Å². The van der Waals surface area contributed by atoms with Gasteiger partial charge < -0.3 is 9.57 Å². The highest BCUT2D eigenvalue weighted by Crippen LogP contribution is 2.14. The molecular weight excluding hydrogens is 242 g/mol. The van der Waals surface area contributed by atoms with E-state index < -0.39 is 5.97 Å². The molecule has 19 heavy (non-hydrogen) atoms. The van der Waals surface area contributed by atoms with Gasteiger partial charge in [-0.2, -0.15) is 0 Å². The van der Waals surface area contributed by atoms with E-state index in [4.69, 9.17) is 9.57 Å². The number of rotatable bonds is 4. The van der Waals surface area contributed by atoms with Gasteiger partial charge in [-0.15, -0.1) is 0 Å². The molecule has 0 atom stereocenters. The zero-order valence-electron chi connectivity index (χ0n) is 10.9. The average Bonchev–Trinajstić information content (AvgIpc) is 2.98. The minimum absolute atomic E-state index is 0.115. The lowest BCUT2D eigenvalue weighted by Crippen LogP contribution is -2.07. The number of benzene rings is 1. The van der Waals surface area contributed by atoms with E-state index in [1.54, 1.807) is 31.4 Å². The highest BCUT2D eigenvalue weighted by molar-refractivity contribution is 5.92. The highest BCUT2D eigenvalue weighted by Gasteiger charge is 2.11. The fourth-order valence-corrected chi connectivity index (χ4v) is 1.66. The SMILES string of the molecule is COc1ccc(C(=O)O/N=C(\C)C2C=CC=C2)cc1. The Morgan fingerprint density at radius 2 is 1.79 bits per heavy atom. The van der Waals surface area contributed by atoms with E-state index in [1.165, 1.54) is 0 Å². The number of allylic oxidation sites excluding steroid dienone is 4. The molecule has 0 amide bonds. The van der Waals surface area contributed by atoms with Crippen LogP contribution in [0, 0.1) is 5.92 Å². The van der Waals surface area contributed by atoms with Crippen molar-refractivity contribution >= 4 is 11.7 Å². The van der Waals surface area contributed by atoms with Crippen LogP contribution in [0.15, 0.2) is 53.7 Å². The minimum atomic E-state index is -0.479. The van der Waals surface area contributed by atoms with Crippen LogP contribution in [0.4, 0.5) is 0 Å². The second-order valence-corrected chi connectivity index (χ2v) is 4.14. The van der Waals surface area contributed by atoms with Crippen LogP contribution in [0.1, 0.15) is 17.3 Å². The largest absolute Gasteiger partial charge is 0.497 e. The molecule has 4 heteroatoms. The first kappa shape index (κ1) is 13.1. The van der Waals surface area contributed by atoms with Crippen molar-refractivity contribution in [3.63, 3.8) is 0 Å². The van der Waals surface area contributed by atoms with Gasteiger partial charge in [-0.05, 0) is 31.2 Å². The van der Waals surface area contributed by atoms with Crippen LogP contribution < -0.4 is 4.74 Å². The van der Waals surface area contributed by atoms with Gasteiger partial charge in [-0.1, -0.05) is 29.5 Å². The van der Waals surface area contributed by atoms with E-state index in [9.17, 15) is 4.79 Å². The van der Waals surface area contributed by atoms with E-state index in [1.807, 2.05) is 31.2 Å². The molecule has 0 spiro atoms. The highest BCUT2D eigenvalue weighted by atomic mass is 16.7. The van der Waals surface area contributed by atoms with Crippen molar-refractivity contribution in [2.24, 2.45) is 11.1 Å². The third-order valence-corrected chi connectivity index (χ3v) is 2.83. The Balaban J connectivity index is 1.98. The molecule has 0 fully saturated rings. The standard InChI is InChI=1S/C15H15NO3/c1-11(12-5-3-4-6-12)16-19-15(17)13-7-9-14(18-2)10-8-13/h3-10,12H,1-2H3/b16-11+. The minimum Gasteiger partial charge on any atom is -0.497 e. The first-order valence-electron chi connectivity index (χ1n) is 5.95. The van der Waals surface area contributed by atoms with Crippen LogP contribution in [-0.4, -0.2) is 18.8 Å². The van der Waals surface area contributed by atoms with Crippen LogP contribution in [-0.2, 0) is 4.84 Å². The summed E-state index contributed by atoms with van der Waals surface area (Å²) >= 11 is 0. The Labute approximate surface area is 112 Å². The lowest BCUT2D eigenvalue weighted by Gasteiger charge is -2.04. The van der Waals surface area contributed by atoms with Crippen molar-refractivity contribution in [3.05, 3.63) is 54.1 Å². The van der Waals surface area contributed by atoms with E-state index in [2.05, 4.69) is 5.16 Å². The quantitative estimate of drug-likeness (QED) is 0.473. The van der Waals surface area contributed by atoms with Gasteiger partial charge in [0, 0.05) is 5.92 Å². The summed E-state index contributed by atoms with van der Waals surface area (Å²) in [5.41, 5.74) is 1.18. The van der Waals surface area contributed by atoms with Crippen LogP contribution in [0.25, 0.3) is 0 Å². The Hall–Kier alpha value is -2.36. The van der Waals surface area contributed by atoms with Crippen molar-refractivity contribution in [1.29, 1.82) is 0 Å². The molecular formula is C15H15NO3. The predicted molar refractivity (Wildman–Crippen MR) is 73.3 cm³/mol. The zero-order valence-corrected chi connectivity index (χ0v) is 10.9. The Bertz CT molecular complexity index is 529. The third kappa shape index (κ3) is 3.31. The van der Waals surface area contributed by atoms with E-state index in [-0.39, 0.29) is 5.92 Å². The molecule has 0 N–H and O–H groups in total. The predicted octanol–water partition coefficient (Wildman–Crippen LogP) is 2.97. The van der Waals surface area contributed by atoms with E-state index in [0.717, 1.165) is 5.71 Å². The molecule has 1 aliphatic carbocycles. The van der Waals surface area contributed by atoms with E-state index >= 15 is 0 Å². The van der Waals surface area contributed by atoms with Crippen molar-refractivity contribution in [2.45, 2.75) is 6.92 Å². The maximum Gasteiger partial charge on any atom is 0.365 e. The van der Waals surface area contributed by atoms with Gasteiger partial charge in [0.15, 0.2) is 0 Å². The second-order valence-electron chi connectivity index (χ2n) is 4.14. The summed E-state index contributed by atoms with van der Waals surface area (Å²) in [6, 6.07) is 6.69. The number of methoxy groups -OCH3 is 1. The maximum atomic E-state index is 11.8. The maximum absolute atomic E-state index is 11.8. The van der Waals surface area contributed by atoms with Crippen molar-refractivity contribution in [3.8, 4) is 5.75 Å². The molecule has 98 valence electrons. The number of hydrogen-bond acceptors (Lipinski definition) is 4. The summed E-state index contributed by atoms with van der Waals surface area (Å²) in [5, 5.41) is 3.86. The molecule has 1 aliphatic rings. The number of hydrogen-bond donors (Lipinski definition) is 0. The molecule has 0 unspecified atom stereocenters. The van der Waals surface area contributed by atoms with Crippen molar-refractivity contribution < 1.29 is 14.4 Å². The van der Waals surface area contributed by atoms with Crippen LogP contribution in [0.2, 0.25) is 0 Å². The van der Waals surface area contributed by atoms with Gasteiger partial charge >= 0.3 is 5.97 Å². The summed E-state index contributed by atoms with van der Waals surface area (Å²) in [7, 11) is 1.57. The zero-order chi connectivity index (χ0) is 13.7. The number of ether oxygens (including phenoxy) is 1. The van der Waals surface area contributed by atoms with Crippen molar-refractivity contribution in [1.82, 2.24) is 0 Å². The van der Waals surface area contributed by atoms with Crippen LogP contribution in [0.5, 0.6) is 5.75 Å². The average molecular weight is 257 g/mol. The lowest BCUT2D eigenvalue weighted by molar-refractivity contribution is 0.0514. The van der Waals surface area contributed by atoms with E-state index in [0.29, 0.717) is 11.3 Å². The second kappa shape index (κ2) is 6.00. The molecule has 0 aliphatic heterocycles. The third-order valence-electron chi connectivity index (χ3n) is 2.83. The molecule has 2 rings (SSSR count). The van der Waals surface area contributed by atoms with Gasteiger partial charge in [-0.25, -0.2) is 4.79 Å². The Kier molecular flexibility index (Phi) is 4.13. The van der Waals surface area contributed by atoms with Gasteiger partial charge in [0.25, 0.3) is 0 Å². The summed E-state index contributed by atoms with van der Waals surface area (Å²) in [5.74, 6) is 0.328. The summed E-state index contributed by atoms with van der Waals surface area (Å²) in [6.45, 7) is 1.83. The molecule has 0 saturated heterocycles. The van der Waals surface area contributed by atoms with Crippen LogP contribution >= 0.6 is 0 Å².